The van der Waals surface area contributed by atoms with E-state index in [1.807, 2.05) is 6.92 Å². The fourth-order valence-electron chi connectivity index (χ4n) is 2.63. The zero-order valence-corrected chi connectivity index (χ0v) is 19.6. The summed E-state index contributed by atoms with van der Waals surface area (Å²) in [6.07, 6.45) is -3.17. The molecule has 0 amide bonds. The van der Waals surface area contributed by atoms with Crippen LogP contribution in [0.15, 0.2) is 10.4 Å². The van der Waals surface area contributed by atoms with E-state index in [0.717, 1.165) is 16.7 Å². The monoisotopic (exact) mass is 555 g/mol. The smallest absolute Gasteiger partial charge is 0.357 e. The molecule has 0 saturated carbocycles. The van der Waals surface area contributed by atoms with Gasteiger partial charge in [-0.1, -0.05) is 0 Å². The molecular formula is C15H25F3IN5O2S2. The van der Waals surface area contributed by atoms with E-state index in [1.54, 1.807) is 6.92 Å². The van der Waals surface area contributed by atoms with Crippen molar-refractivity contribution in [2.75, 3.05) is 25.4 Å². The molecule has 7 nitrogen and oxygen atoms in total. The van der Waals surface area contributed by atoms with Crippen molar-refractivity contribution in [3.63, 3.8) is 0 Å². The van der Waals surface area contributed by atoms with Crippen LogP contribution in [0.5, 0.6) is 0 Å². The van der Waals surface area contributed by atoms with Crippen LogP contribution in [0.2, 0.25) is 0 Å². The summed E-state index contributed by atoms with van der Waals surface area (Å²) >= 11 is 0.921. The summed E-state index contributed by atoms with van der Waals surface area (Å²) in [6.45, 7) is 5.03. The lowest BCUT2D eigenvalue weighted by atomic mass is 10.1. The van der Waals surface area contributed by atoms with Gasteiger partial charge in [-0.05, 0) is 26.7 Å². The highest BCUT2D eigenvalue weighted by molar-refractivity contribution is 14.0. The number of halogens is 4. The first-order chi connectivity index (χ1) is 12.7. The molecule has 1 saturated heterocycles. The molecular weight excluding hydrogens is 530 g/mol. The zero-order chi connectivity index (χ0) is 20.1. The topological polar surface area (TPSA) is 86.7 Å². The molecule has 28 heavy (non-hydrogen) atoms. The Labute approximate surface area is 184 Å². The molecule has 0 bridgehead atoms. The second-order valence-electron chi connectivity index (χ2n) is 6.04. The SMILES string of the molecule is CCNC(=NCc1nc(C(F)(F)F)cs1)NC1CCN(S(=O)(=O)CC)CC1.I. The number of nitrogens with zero attached hydrogens (tertiary/aromatic N) is 3. The van der Waals surface area contributed by atoms with Crippen LogP contribution in [0.4, 0.5) is 13.2 Å². The van der Waals surface area contributed by atoms with E-state index in [2.05, 4.69) is 20.6 Å². The predicted octanol–water partition coefficient (Wildman–Crippen LogP) is 2.65. The number of hydrogen-bond donors (Lipinski definition) is 2. The molecule has 0 radical (unpaired) electrons. The zero-order valence-electron chi connectivity index (χ0n) is 15.6. The second kappa shape index (κ2) is 10.9. The molecule has 0 aromatic carbocycles. The van der Waals surface area contributed by atoms with Gasteiger partial charge in [-0.2, -0.15) is 13.2 Å². The summed E-state index contributed by atoms with van der Waals surface area (Å²) in [7, 11) is -3.18. The summed E-state index contributed by atoms with van der Waals surface area (Å²) in [4.78, 5) is 7.86. The van der Waals surface area contributed by atoms with Crippen molar-refractivity contribution in [1.29, 1.82) is 0 Å². The molecule has 0 spiro atoms. The fourth-order valence-corrected chi connectivity index (χ4v) is 4.49. The first-order valence-corrected chi connectivity index (χ1v) is 11.2. The molecule has 0 atom stereocenters. The second-order valence-corrected chi connectivity index (χ2v) is 9.24. The Bertz CT molecular complexity index is 747. The minimum Gasteiger partial charge on any atom is -0.357 e. The molecule has 0 unspecified atom stereocenters. The summed E-state index contributed by atoms with van der Waals surface area (Å²) in [6, 6.07) is 0.0492. The number of aliphatic imine (C=N–C) groups is 1. The normalized spacial score (nSPS) is 17.2. The van der Waals surface area contributed by atoms with Crippen molar-refractivity contribution in [1.82, 2.24) is 19.9 Å². The Morgan fingerprint density at radius 2 is 2.00 bits per heavy atom. The Hall–Kier alpha value is -0.670. The molecule has 1 aliphatic rings. The number of rotatable bonds is 6. The van der Waals surface area contributed by atoms with E-state index in [0.29, 0.717) is 38.4 Å². The molecule has 1 aromatic rings. The number of piperidine rings is 1. The lowest BCUT2D eigenvalue weighted by Gasteiger charge is -2.32. The Kier molecular flexibility index (Phi) is 9.89. The van der Waals surface area contributed by atoms with Gasteiger partial charge in [0.15, 0.2) is 11.7 Å². The number of nitrogens with one attached hydrogen (secondary N) is 2. The Morgan fingerprint density at radius 3 is 2.50 bits per heavy atom. The number of sulfonamides is 1. The predicted molar refractivity (Wildman–Crippen MR) is 115 cm³/mol. The average Bonchev–Trinajstić information content (AvgIpc) is 3.10. The Balaban J connectivity index is 0.00000392. The van der Waals surface area contributed by atoms with Gasteiger partial charge >= 0.3 is 6.18 Å². The first-order valence-electron chi connectivity index (χ1n) is 8.70. The summed E-state index contributed by atoms with van der Waals surface area (Å²) in [5, 5.41) is 7.54. The third-order valence-electron chi connectivity index (χ3n) is 4.11. The van der Waals surface area contributed by atoms with Gasteiger partial charge in [-0.3, -0.25) is 0 Å². The highest BCUT2D eigenvalue weighted by atomic mass is 127. The molecule has 0 aliphatic carbocycles. The van der Waals surface area contributed by atoms with Gasteiger partial charge in [0.1, 0.15) is 5.01 Å². The minimum absolute atomic E-state index is 0. The molecule has 13 heteroatoms. The third-order valence-corrected chi connectivity index (χ3v) is 6.83. The maximum Gasteiger partial charge on any atom is 0.434 e. The lowest BCUT2D eigenvalue weighted by Crippen LogP contribution is -2.50. The van der Waals surface area contributed by atoms with Crippen LogP contribution < -0.4 is 10.6 Å². The van der Waals surface area contributed by atoms with Gasteiger partial charge in [-0.25, -0.2) is 22.7 Å². The molecule has 2 heterocycles. The number of thiazole rings is 1. The number of alkyl halides is 3. The molecule has 1 aromatic heterocycles. The quantitative estimate of drug-likeness (QED) is 0.321. The first kappa shape index (κ1) is 25.4. The maximum absolute atomic E-state index is 12.6. The van der Waals surface area contributed by atoms with Crippen LogP contribution in [0.3, 0.4) is 0 Å². The van der Waals surface area contributed by atoms with Crippen molar-refractivity contribution in [2.45, 2.75) is 45.5 Å². The minimum atomic E-state index is -4.45. The fraction of sp³-hybridized carbons (Fsp3) is 0.733. The van der Waals surface area contributed by atoms with Crippen LogP contribution in [0, 0.1) is 0 Å². The van der Waals surface area contributed by atoms with Crippen LogP contribution in [-0.4, -0.2) is 55.1 Å². The summed E-state index contributed by atoms with van der Waals surface area (Å²) < 4.78 is 63.1. The van der Waals surface area contributed by atoms with E-state index < -0.39 is 21.9 Å². The van der Waals surface area contributed by atoms with Gasteiger partial charge in [0.05, 0.1) is 12.3 Å². The van der Waals surface area contributed by atoms with Crippen molar-refractivity contribution in [3.05, 3.63) is 16.1 Å². The largest absolute Gasteiger partial charge is 0.434 e. The van der Waals surface area contributed by atoms with Crippen molar-refractivity contribution < 1.29 is 21.6 Å². The maximum atomic E-state index is 12.6. The van der Waals surface area contributed by atoms with Crippen LogP contribution in [0.25, 0.3) is 0 Å². The lowest BCUT2D eigenvalue weighted by molar-refractivity contribution is -0.140. The highest BCUT2D eigenvalue weighted by Crippen LogP contribution is 2.30. The number of hydrogen-bond acceptors (Lipinski definition) is 5. The van der Waals surface area contributed by atoms with Crippen LogP contribution >= 0.6 is 35.3 Å². The van der Waals surface area contributed by atoms with Gasteiger partial charge in [-0.15, -0.1) is 35.3 Å². The van der Waals surface area contributed by atoms with Gasteiger partial charge < -0.3 is 10.6 Å². The van der Waals surface area contributed by atoms with Crippen molar-refractivity contribution >= 4 is 51.3 Å². The van der Waals surface area contributed by atoms with E-state index >= 15 is 0 Å². The van der Waals surface area contributed by atoms with E-state index in [9.17, 15) is 21.6 Å². The molecule has 2 rings (SSSR count). The molecule has 2 N–H and O–H groups in total. The molecule has 1 fully saturated rings. The van der Waals surface area contributed by atoms with E-state index in [-0.39, 0.29) is 47.3 Å². The number of aromatic nitrogens is 1. The van der Waals surface area contributed by atoms with Crippen LogP contribution in [-0.2, 0) is 22.7 Å². The van der Waals surface area contributed by atoms with Crippen molar-refractivity contribution in [3.8, 4) is 0 Å². The van der Waals surface area contributed by atoms with Gasteiger partial charge in [0, 0.05) is 31.1 Å². The standard InChI is InChI=1S/C15H24F3N5O2S2.HI/c1-3-19-14(20-9-13-22-12(10-26-13)15(16,17)18)21-11-5-7-23(8-6-11)27(24,25)4-2;/h10-11H,3-9H2,1-2H3,(H2,19,20,21);1H. The van der Waals surface area contributed by atoms with Gasteiger partial charge in [0.2, 0.25) is 10.0 Å². The highest BCUT2D eigenvalue weighted by Gasteiger charge is 2.33. The van der Waals surface area contributed by atoms with Crippen molar-refractivity contribution in [2.24, 2.45) is 4.99 Å². The Morgan fingerprint density at radius 1 is 1.36 bits per heavy atom. The summed E-state index contributed by atoms with van der Waals surface area (Å²) in [5.74, 6) is 0.571. The summed E-state index contributed by atoms with van der Waals surface area (Å²) in [5.41, 5.74) is -0.903. The third kappa shape index (κ3) is 7.30. The molecule has 1 aliphatic heterocycles. The van der Waals surface area contributed by atoms with E-state index in [4.69, 9.17) is 0 Å². The van der Waals surface area contributed by atoms with Crippen LogP contribution in [0.1, 0.15) is 37.4 Å². The molecule has 162 valence electrons. The number of guanidine groups is 1. The average molecular weight is 555 g/mol. The van der Waals surface area contributed by atoms with E-state index in [1.165, 1.54) is 4.31 Å². The van der Waals surface area contributed by atoms with Gasteiger partial charge in [0.25, 0.3) is 0 Å².